The Morgan fingerprint density at radius 1 is 1.11 bits per heavy atom. The highest BCUT2D eigenvalue weighted by molar-refractivity contribution is 7.86. The monoisotopic (exact) mass is 505 g/mol. The van der Waals surface area contributed by atoms with Crippen LogP contribution in [0.15, 0.2) is 77.7 Å². The molecule has 0 aliphatic carbocycles. The number of phenolic OH excluding ortho intramolecular Hbond substituents is 1. The molecule has 0 amide bonds. The molecule has 0 bridgehead atoms. The van der Waals surface area contributed by atoms with Crippen LogP contribution in [0.3, 0.4) is 0 Å². The Balaban J connectivity index is 0.000000243. The second-order valence-electron chi connectivity index (χ2n) is 8.20. The SMILES string of the molecule is [2H]C([2H])(OS(=O)(=O)c1ccccc1)[C@@H]1CN(C)CC[C@H]1c1ccc(F)cc1.[2H]C1([2H])Oc2ccc(O)cc2O1. The number of hydrogen-bond donors (Lipinski definition) is 1. The number of ether oxygens (including phenoxy) is 2. The largest absolute Gasteiger partial charge is 0.508 e. The zero-order chi connectivity index (χ0) is 28.4. The highest BCUT2D eigenvalue weighted by Gasteiger charge is 2.31. The molecule has 35 heavy (non-hydrogen) atoms. The Kier molecular flexibility index (Phi) is 6.35. The number of piperidine rings is 1. The Morgan fingerprint density at radius 2 is 1.83 bits per heavy atom. The summed E-state index contributed by atoms with van der Waals surface area (Å²) in [5.74, 6) is -0.815. The summed E-state index contributed by atoms with van der Waals surface area (Å²) in [6, 6.07) is 17.6. The Bertz CT molecular complexity index is 1390. The standard InChI is InChI=1S/C19H22FNO3S.C7H6O3/c1-21-12-11-19(15-7-9-17(20)10-8-15)16(13-21)14-24-25(22,23)18-5-3-2-4-6-18;8-5-1-2-6-7(3-5)10-4-9-6/h2-10,16,19H,11-14H2,1H3;1-3,8H,4H2/t16-,19-;/m0./s1/i14D2;4D2. The van der Waals surface area contributed by atoms with Gasteiger partial charge in [0.2, 0.25) is 6.75 Å². The van der Waals surface area contributed by atoms with Gasteiger partial charge in [0.05, 0.1) is 14.2 Å². The number of benzene rings is 3. The van der Waals surface area contributed by atoms with Crippen LogP contribution in [0, 0.1) is 11.7 Å². The van der Waals surface area contributed by atoms with Crippen LogP contribution >= 0.6 is 0 Å². The van der Waals surface area contributed by atoms with Crippen molar-refractivity contribution in [2.24, 2.45) is 5.92 Å². The molecule has 3 aromatic carbocycles. The summed E-state index contributed by atoms with van der Waals surface area (Å²) >= 11 is 0. The van der Waals surface area contributed by atoms with Crippen LogP contribution in [0.2, 0.25) is 0 Å². The van der Waals surface area contributed by atoms with Gasteiger partial charge in [-0.3, -0.25) is 4.18 Å². The highest BCUT2D eigenvalue weighted by atomic mass is 32.2. The van der Waals surface area contributed by atoms with Crippen molar-refractivity contribution in [1.82, 2.24) is 4.90 Å². The minimum atomic E-state index is -4.25. The van der Waals surface area contributed by atoms with Crippen LogP contribution < -0.4 is 9.47 Å². The van der Waals surface area contributed by atoms with Gasteiger partial charge in [0.25, 0.3) is 10.1 Å². The quantitative estimate of drug-likeness (QED) is 0.515. The molecule has 0 radical (unpaired) electrons. The van der Waals surface area contributed by atoms with E-state index in [1.165, 1.54) is 42.5 Å². The molecule has 2 heterocycles. The Labute approximate surface area is 210 Å². The van der Waals surface area contributed by atoms with E-state index >= 15 is 0 Å². The van der Waals surface area contributed by atoms with Crippen molar-refractivity contribution in [1.29, 1.82) is 0 Å². The molecular formula is C26H28FNO6S. The summed E-state index contributed by atoms with van der Waals surface area (Å²) in [5, 5.41) is 9.01. The normalized spacial score (nSPS) is 23.1. The predicted molar refractivity (Wildman–Crippen MR) is 129 cm³/mol. The molecule has 3 aromatic rings. The van der Waals surface area contributed by atoms with E-state index in [1.54, 1.807) is 30.3 Å². The second-order valence-corrected chi connectivity index (χ2v) is 9.75. The van der Waals surface area contributed by atoms with E-state index in [4.69, 9.17) is 24.2 Å². The van der Waals surface area contributed by atoms with Crippen molar-refractivity contribution >= 4 is 10.1 Å². The second kappa shape index (κ2) is 11.1. The summed E-state index contributed by atoms with van der Waals surface area (Å²) in [5.41, 5.74) is 0.777. The maximum Gasteiger partial charge on any atom is 0.296 e. The highest BCUT2D eigenvalue weighted by Crippen LogP contribution is 2.35. The first-order chi connectivity index (χ1) is 18.3. The molecule has 2 aliphatic heterocycles. The van der Waals surface area contributed by atoms with E-state index in [0.717, 1.165) is 12.1 Å². The summed E-state index contributed by atoms with van der Waals surface area (Å²) in [6.07, 6.45) is 0.626. The Morgan fingerprint density at radius 3 is 2.57 bits per heavy atom. The predicted octanol–water partition coefficient (Wildman–Crippen LogP) is 4.39. The molecule has 0 spiro atoms. The summed E-state index contributed by atoms with van der Waals surface area (Å²) in [4.78, 5) is 1.86. The lowest BCUT2D eigenvalue weighted by atomic mass is 9.81. The van der Waals surface area contributed by atoms with Gasteiger partial charge >= 0.3 is 0 Å². The van der Waals surface area contributed by atoms with Crippen LogP contribution in [-0.2, 0) is 14.3 Å². The molecule has 1 fully saturated rings. The van der Waals surface area contributed by atoms with Crippen LogP contribution in [-0.4, -0.2) is 51.9 Å². The Hall–Kier alpha value is -3.14. The van der Waals surface area contributed by atoms with Crippen LogP contribution in [0.25, 0.3) is 0 Å². The zero-order valence-electron chi connectivity index (χ0n) is 22.9. The smallest absolute Gasteiger partial charge is 0.296 e. The van der Waals surface area contributed by atoms with E-state index in [2.05, 4.69) is 0 Å². The fourth-order valence-corrected chi connectivity index (χ4v) is 4.71. The number of rotatable bonds is 5. The van der Waals surface area contributed by atoms with Crippen molar-refractivity contribution in [3.8, 4) is 17.2 Å². The van der Waals surface area contributed by atoms with Gasteiger partial charge in [-0.2, -0.15) is 8.42 Å². The topological polar surface area (TPSA) is 85.3 Å². The number of phenols is 1. The molecular weight excluding hydrogens is 473 g/mol. The van der Waals surface area contributed by atoms with E-state index in [1.807, 2.05) is 11.9 Å². The van der Waals surface area contributed by atoms with Gasteiger partial charge in [-0.1, -0.05) is 30.3 Å². The average molecular weight is 506 g/mol. The molecule has 5 rings (SSSR count). The number of aromatic hydroxyl groups is 1. The van der Waals surface area contributed by atoms with Gasteiger partial charge in [-0.15, -0.1) is 0 Å². The molecule has 0 aromatic heterocycles. The summed E-state index contributed by atoms with van der Waals surface area (Å²) in [6.45, 7) is -3.46. The molecule has 9 heteroatoms. The van der Waals surface area contributed by atoms with Crippen molar-refractivity contribution in [2.45, 2.75) is 17.2 Å². The minimum Gasteiger partial charge on any atom is -0.508 e. The maximum atomic E-state index is 13.3. The van der Waals surface area contributed by atoms with Gasteiger partial charge in [0.1, 0.15) is 14.3 Å². The average Bonchev–Trinajstić information content (AvgIpc) is 3.18. The number of halogens is 1. The third-order valence-electron chi connectivity index (χ3n) is 5.69. The van der Waals surface area contributed by atoms with Crippen LogP contribution in [0.5, 0.6) is 17.2 Å². The van der Waals surface area contributed by atoms with Gasteiger partial charge < -0.3 is 19.5 Å². The zero-order valence-corrected chi connectivity index (χ0v) is 19.7. The van der Waals surface area contributed by atoms with Crippen molar-refractivity contribution in [3.05, 3.63) is 84.2 Å². The third kappa shape index (κ3) is 6.50. The number of fused-ring (bicyclic) bond motifs is 1. The van der Waals surface area contributed by atoms with E-state index in [0.29, 0.717) is 18.7 Å². The lowest BCUT2D eigenvalue weighted by molar-refractivity contribution is 0.132. The lowest BCUT2D eigenvalue weighted by Crippen LogP contribution is -2.39. The van der Waals surface area contributed by atoms with Crippen LogP contribution in [0.1, 0.15) is 23.4 Å². The first-order valence-corrected chi connectivity index (χ1v) is 12.3. The number of nitrogens with zero attached hydrogens (tertiary/aromatic N) is 1. The molecule has 0 unspecified atom stereocenters. The van der Waals surface area contributed by atoms with Crippen molar-refractivity contribution < 1.29 is 37.1 Å². The lowest BCUT2D eigenvalue weighted by Gasteiger charge is -2.36. The molecule has 7 nitrogen and oxygen atoms in total. The minimum absolute atomic E-state index is 0.0232. The molecule has 0 saturated carbocycles. The first kappa shape index (κ1) is 20.1. The summed E-state index contributed by atoms with van der Waals surface area (Å²) < 4.78 is 83.9. The number of hydrogen-bond acceptors (Lipinski definition) is 7. The maximum absolute atomic E-state index is 13.3. The molecule has 2 atom stereocenters. The summed E-state index contributed by atoms with van der Waals surface area (Å²) in [7, 11) is -2.39. The molecule has 2 aliphatic rings. The van der Waals surface area contributed by atoms with E-state index in [-0.39, 0.29) is 28.1 Å². The fraction of sp³-hybridized carbons (Fsp3) is 0.308. The van der Waals surface area contributed by atoms with Gasteiger partial charge in [-0.05, 0) is 67.9 Å². The van der Waals surface area contributed by atoms with Crippen LogP contribution in [0.4, 0.5) is 4.39 Å². The number of likely N-dealkylation sites (tertiary alicyclic amines) is 1. The molecule has 1 saturated heterocycles. The first-order valence-electron chi connectivity index (χ1n) is 12.9. The molecule has 1 N–H and O–H groups in total. The van der Waals surface area contributed by atoms with Gasteiger partial charge in [0.15, 0.2) is 11.5 Å². The third-order valence-corrected chi connectivity index (χ3v) is 6.85. The molecule has 186 valence electrons. The van der Waals surface area contributed by atoms with Crippen molar-refractivity contribution in [2.75, 3.05) is 33.4 Å². The van der Waals surface area contributed by atoms with Crippen molar-refractivity contribution in [3.63, 3.8) is 0 Å². The van der Waals surface area contributed by atoms with Gasteiger partial charge in [0, 0.05) is 18.5 Å². The van der Waals surface area contributed by atoms with E-state index in [9.17, 15) is 12.8 Å². The van der Waals surface area contributed by atoms with Gasteiger partial charge in [-0.25, -0.2) is 4.39 Å². The fourth-order valence-electron chi connectivity index (χ4n) is 3.88. The van der Waals surface area contributed by atoms with E-state index < -0.39 is 29.3 Å².